The van der Waals surface area contributed by atoms with E-state index in [1.54, 1.807) is 0 Å². The number of halogens is 1. The predicted molar refractivity (Wildman–Crippen MR) is 72.2 cm³/mol. The van der Waals surface area contributed by atoms with Crippen molar-refractivity contribution in [3.8, 4) is 0 Å². The molecule has 1 saturated heterocycles. The lowest BCUT2D eigenvalue weighted by molar-refractivity contribution is 0.506. The van der Waals surface area contributed by atoms with Gasteiger partial charge in [-0.3, -0.25) is 0 Å². The molecule has 1 aliphatic rings. The number of hydrogen-bond acceptors (Lipinski definition) is 2. The Balaban J connectivity index is 0.000000606. The standard InChI is InChI=1S/C11H15ClN2.C2H6/c12-9-3-1-5-11(7-9)14-6-2-4-10(13)8-14;1-2/h1,3,5,7,10H,2,4,6,8,13H2;1-2H3. The van der Waals surface area contributed by atoms with Crippen molar-refractivity contribution < 1.29 is 0 Å². The fourth-order valence-corrected chi connectivity index (χ4v) is 2.10. The Morgan fingerprint density at radius 3 is 2.75 bits per heavy atom. The number of rotatable bonds is 1. The molecule has 3 heteroatoms. The van der Waals surface area contributed by atoms with Crippen molar-refractivity contribution in [2.24, 2.45) is 5.73 Å². The van der Waals surface area contributed by atoms with E-state index in [2.05, 4.69) is 11.0 Å². The lowest BCUT2D eigenvalue weighted by atomic mass is 10.1. The normalized spacial score (nSPS) is 20.0. The van der Waals surface area contributed by atoms with Crippen LogP contribution in [0.25, 0.3) is 0 Å². The van der Waals surface area contributed by atoms with Gasteiger partial charge in [0.25, 0.3) is 0 Å². The zero-order chi connectivity index (χ0) is 12.0. The molecule has 0 amide bonds. The predicted octanol–water partition coefficient (Wildman–Crippen LogP) is 3.29. The number of benzene rings is 1. The smallest absolute Gasteiger partial charge is 0.0426 e. The summed E-state index contributed by atoms with van der Waals surface area (Å²) in [5.41, 5.74) is 7.11. The molecule has 0 radical (unpaired) electrons. The second-order valence-electron chi connectivity index (χ2n) is 3.83. The highest BCUT2D eigenvalue weighted by Crippen LogP contribution is 2.22. The molecule has 1 atom stereocenters. The zero-order valence-electron chi connectivity index (χ0n) is 10.1. The molecule has 1 unspecified atom stereocenters. The Hall–Kier alpha value is -0.730. The van der Waals surface area contributed by atoms with Gasteiger partial charge >= 0.3 is 0 Å². The van der Waals surface area contributed by atoms with E-state index in [0.29, 0.717) is 6.04 Å². The van der Waals surface area contributed by atoms with E-state index < -0.39 is 0 Å². The Bertz CT molecular complexity index is 315. The van der Waals surface area contributed by atoms with E-state index in [0.717, 1.165) is 24.5 Å². The molecular formula is C13H21ClN2. The third-order valence-corrected chi connectivity index (χ3v) is 2.87. The van der Waals surface area contributed by atoms with Gasteiger partial charge in [-0.1, -0.05) is 31.5 Å². The van der Waals surface area contributed by atoms with Crippen molar-refractivity contribution in [1.82, 2.24) is 0 Å². The van der Waals surface area contributed by atoms with Crippen LogP contribution in [0.4, 0.5) is 5.69 Å². The molecule has 0 aromatic heterocycles. The SMILES string of the molecule is CC.NC1CCCN(c2cccc(Cl)c2)C1. The van der Waals surface area contributed by atoms with Crippen LogP contribution in [-0.4, -0.2) is 19.1 Å². The number of nitrogens with zero attached hydrogens (tertiary/aromatic N) is 1. The maximum absolute atomic E-state index is 5.94. The van der Waals surface area contributed by atoms with Gasteiger partial charge in [0, 0.05) is 29.8 Å². The van der Waals surface area contributed by atoms with Crippen LogP contribution < -0.4 is 10.6 Å². The van der Waals surface area contributed by atoms with Gasteiger partial charge in [-0.15, -0.1) is 0 Å². The van der Waals surface area contributed by atoms with Gasteiger partial charge in [0.2, 0.25) is 0 Å². The summed E-state index contributed by atoms with van der Waals surface area (Å²) in [6.07, 6.45) is 2.31. The highest BCUT2D eigenvalue weighted by atomic mass is 35.5. The lowest BCUT2D eigenvalue weighted by Crippen LogP contribution is -2.42. The Morgan fingerprint density at radius 1 is 1.38 bits per heavy atom. The van der Waals surface area contributed by atoms with Crippen molar-refractivity contribution in [3.05, 3.63) is 29.3 Å². The highest BCUT2D eigenvalue weighted by molar-refractivity contribution is 6.30. The molecule has 2 nitrogen and oxygen atoms in total. The molecule has 1 heterocycles. The minimum Gasteiger partial charge on any atom is -0.370 e. The van der Waals surface area contributed by atoms with E-state index in [1.807, 2.05) is 32.0 Å². The van der Waals surface area contributed by atoms with Crippen LogP contribution in [0.5, 0.6) is 0 Å². The molecule has 1 aromatic carbocycles. The van der Waals surface area contributed by atoms with Crippen LogP contribution in [0.15, 0.2) is 24.3 Å². The minimum absolute atomic E-state index is 0.308. The Morgan fingerprint density at radius 2 is 2.12 bits per heavy atom. The molecule has 0 saturated carbocycles. The molecule has 1 aromatic rings. The first-order valence-electron chi connectivity index (χ1n) is 6.02. The lowest BCUT2D eigenvalue weighted by Gasteiger charge is -2.32. The summed E-state index contributed by atoms with van der Waals surface area (Å²) in [5.74, 6) is 0. The molecule has 0 spiro atoms. The zero-order valence-corrected chi connectivity index (χ0v) is 10.9. The van der Waals surface area contributed by atoms with Gasteiger partial charge in [0.05, 0.1) is 0 Å². The van der Waals surface area contributed by atoms with Crippen LogP contribution in [-0.2, 0) is 0 Å². The number of anilines is 1. The summed E-state index contributed by atoms with van der Waals surface area (Å²) in [5, 5.41) is 0.793. The van der Waals surface area contributed by atoms with E-state index >= 15 is 0 Å². The summed E-state index contributed by atoms with van der Waals surface area (Å²) < 4.78 is 0. The van der Waals surface area contributed by atoms with Crippen molar-refractivity contribution >= 4 is 17.3 Å². The van der Waals surface area contributed by atoms with Crippen molar-refractivity contribution in [3.63, 3.8) is 0 Å². The van der Waals surface area contributed by atoms with Crippen LogP contribution in [0.2, 0.25) is 5.02 Å². The van der Waals surface area contributed by atoms with Gasteiger partial charge in [0.15, 0.2) is 0 Å². The van der Waals surface area contributed by atoms with Crippen molar-refractivity contribution in [2.45, 2.75) is 32.7 Å². The third kappa shape index (κ3) is 3.69. The first kappa shape index (κ1) is 13.3. The summed E-state index contributed by atoms with van der Waals surface area (Å²) in [4.78, 5) is 2.31. The fourth-order valence-electron chi connectivity index (χ4n) is 1.92. The molecule has 1 fully saturated rings. The van der Waals surface area contributed by atoms with Crippen LogP contribution in [0.3, 0.4) is 0 Å². The number of hydrogen-bond donors (Lipinski definition) is 1. The van der Waals surface area contributed by atoms with E-state index in [9.17, 15) is 0 Å². The molecular weight excluding hydrogens is 220 g/mol. The molecule has 0 bridgehead atoms. The summed E-state index contributed by atoms with van der Waals surface area (Å²) >= 11 is 5.94. The van der Waals surface area contributed by atoms with Crippen LogP contribution >= 0.6 is 11.6 Å². The second-order valence-corrected chi connectivity index (χ2v) is 4.26. The number of nitrogens with two attached hydrogens (primary N) is 1. The van der Waals surface area contributed by atoms with Gasteiger partial charge in [-0.25, -0.2) is 0 Å². The third-order valence-electron chi connectivity index (χ3n) is 2.63. The Labute approximate surface area is 103 Å². The molecule has 2 rings (SSSR count). The summed E-state index contributed by atoms with van der Waals surface area (Å²) in [7, 11) is 0. The van der Waals surface area contributed by atoms with Crippen LogP contribution in [0, 0.1) is 0 Å². The minimum atomic E-state index is 0.308. The maximum atomic E-state index is 5.94. The topological polar surface area (TPSA) is 29.3 Å². The first-order chi connectivity index (χ1) is 7.75. The average Bonchev–Trinajstić information content (AvgIpc) is 2.32. The monoisotopic (exact) mass is 240 g/mol. The average molecular weight is 241 g/mol. The summed E-state index contributed by atoms with van der Waals surface area (Å²) in [6.45, 7) is 6.04. The second kappa shape index (κ2) is 6.77. The molecule has 1 aliphatic heterocycles. The number of piperidine rings is 1. The largest absolute Gasteiger partial charge is 0.370 e. The fraction of sp³-hybridized carbons (Fsp3) is 0.538. The molecule has 16 heavy (non-hydrogen) atoms. The van der Waals surface area contributed by atoms with E-state index in [4.69, 9.17) is 17.3 Å². The highest BCUT2D eigenvalue weighted by Gasteiger charge is 2.16. The first-order valence-corrected chi connectivity index (χ1v) is 6.39. The summed E-state index contributed by atoms with van der Waals surface area (Å²) in [6, 6.07) is 8.28. The molecule has 90 valence electrons. The van der Waals surface area contributed by atoms with Gasteiger partial charge in [-0.05, 0) is 31.0 Å². The molecule has 0 aliphatic carbocycles. The Kier molecular flexibility index (Phi) is 5.64. The maximum Gasteiger partial charge on any atom is 0.0426 e. The van der Waals surface area contributed by atoms with Gasteiger partial charge in [-0.2, -0.15) is 0 Å². The van der Waals surface area contributed by atoms with Crippen LogP contribution in [0.1, 0.15) is 26.7 Å². The van der Waals surface area contributed by atoms with Gasteiger partial charge in [0.1, 0.15) is 0 Å². The molecule has 2 N–H and O–H groups in total. The van der Waals surface area contributed by atoms with E-state index in [1.165, 1.54) is 12.1 Å². The quantitative estimate of drug-likeness (QED) is 0.816. The van der Waals surface area contributed by atoms with Crippen molar-refractivity contribution in [2.75, 3.05) is 18.0 Å². The van der Waals surface area contributed by atoms with E-state index in [-0.39, 0.29) is 0 Å². The van der Waals surface area contributed by atoms with Crippen molar-refractivity contribution in [1.29, 1.82) is 0 Å². The van der Waals surface area contributed by atoms with Gasteiger partial charge < -0.3 is 10.6 Å².